The number of rotatable bonds is 7. The minimum absolute atomic E-state index is 0.224. The molecule has 1 heterocycles. The molecule has 178 valence electrons. The van der Waals surface area contributed by atoms with Gasteiger partial charge in [0, 0.05) is 23.5 Å². The smallest absolute Gasteiger partial charge is 0.353 e. The summed E-state index contributed by atoms with van der Waals surface area (Å²) in [6, 6.07) is 15.6. The lowest BCUT2D eigenvalue weighted by Gasteiger charge is -2.25. The topological polar surface area (TPSA) is 51.5 Å². The summed E-state index contributed by atoms with van der Waals surface area (Å²) in [6.07, 6.45) is 8.21. The number of carboxylic acids is 1. The zero-order chi connectivity index (χ0) is 24.7. The first-order valence-electron chi connectivity index (χ1n) is 11.5. The van der Waals surface area contributed by atoms with E-state index < -0.39 is 5.97 Å². The van der Waals surface area contributed by atoms with Crippen molar-refractivity contribution in [2.24, 2.45) is 13.0 Å². The SMILES string of the molecule is C=C(C)/C=C\C(F)=C/C.Cn1c(C(=O)O)c(-c2cccc(OCC3CCC3)c2)c2ccccc21. The number of aryl methyl sites for hydroxylation is 1. The molecular formula is C29H32FNO3. The average Bonchev–Trinajstić information content (AvgIpc) is 3.10. The van der Waals surface area contributed by atoms with Crippen molar-refractivity contribution in [1.82, 2.24) is 4.57 Å². The minimum Gasteiger partial charge on any atom is -0.493 e. The third kappa shape index (κ3) is 6.04. The third-order valence-electron chi connectivity index (χ3n) is 5.95. The van der Waals surface area contributed by atoms with E-state index in [-0.39, 0.29) is 5.83 Å². The van der Waals surface area contributed by atoms with Crippen LogP contribution in [0.5, 0.6) is 5.75 Å². The standard InChI is InChI=1S/C21H21NO3.C8H11F/c1-22-18-11-3-2-10-17(18)19(20(22)21(23)24)15-8-5-9-16(12-15)25-13-14-6-4-7-14;1-4-8(9)6-5-7(2)3/h2-3,5,8-12,14H,4,6-7,13H2,1H3,(H,23,24);4-6H,2H2,1,3H3/b;6-5-,8-4+. The van der Waals surface area contributed by atoms with E-state index in [1.165, 1.54) is 31.4 Å². The highest BCUT2D eigenvalue weighted by Crippen LogP contribution is 2.36. The van der Waals surface area contributed by atoms with Gasteiger partial charge in [0.2, 0.25) is 0 Å². The average molecular weight is 462 g/mol. The van der Waals surface area contributed by atoms with Gasteiger partial charge < -0.3 is 14.4 Å². The van der Waals surface area contributed by atoms with Crippen LogP contribution in [-0.2, 0) is 7.05 Å². The first kappa shape index (κ1) is 25.0. The van der Waals surface area contributed by atoms with Gasteiger partial charge in [-0.05, 0) is 62.4 Å². The van der Waals surface area contributed by atoms with E-state index >= 15 is 0 Å². The van der Waals surface area contributed by atoms with Crippen LogP contribution >= 0.6 is 0 Å². The Bertz CT molecular complexity index is 1230. The fourth-order valence-corrected chi connectivity index (χ4v) is 3.87. The molecule has 1 fully saturated rings. The lowest BCUT2D eigenvalue weighted by molar-refractivity contribution is 0.0688. The summed E-state index contributed by atoms with van der Waals surface area (Å²) >= 11 is 0. The van der Waals surface area contributed by atoms with Crippen LogP contribution in [0.3, 0.4) is 0 Å². The highest BCUT2D eigenvalue weighted by atomic mass is 19.1. The molecule has 0 spiro atoms. The van der Waals surface area contributed by atoms with E-state index in [0.717, 1.165) is 40.0 Å². The Kier molecular flexibility index (Phi) is 8.47. The van der Waals surface area contributed by atoms with Crippen molar-refractivity contribution in [3.8, 4) is 16.9 Å². The van der Waals surface area contributed by atoms with E-state index in [4.69, 9.17) is 4.74 Å². The molecule has 1 saturated carbocycles. The summed E-state index contributed by atoms with van der Waals surface area (Å²) in [5, 5.41) is 10.7. The summed E-state index contributed by atoms with van der Waals surface area (Å²) in [4.78, 5) is 11.9. The van der Waals surface area contributed by atoms with Crippen molar-refractivity contribution >= 4 is 16.9 Å². The number of hydrogen-bond acceptors (Lipinski definition) is 2. The molecular weight excluding hydrogens is 429 g/mol. The van der Waals surface area contributed by atoms with E-state index in [1.807, 2.05) is 55.5 Å². The summed E-state index contributed by atoms with van der Waals surface area (Å²) in [6.45, 7) is 7.79. The van der Waals surface area contributed by atoms with Crippen LogP contribution in [0.4, 0.5) is 4.39 Å². The highest BCUT2D eigenvalue weighted by Gasteiger charge is 2.22. The Labute approximate surface area is 200 Å². The Balaban J connectivity index is 0.000000309. The van der Waals surface area contributed by atoms with Gasteiger partial charge >= 0.3 is 5.97 Å². The van der Waals surface area contributed by atoms with Gasteiger partial charge in [0.15, 0.2) is 0 Å². The molecule has 34 heavy (non-hydrogen) atoms. The summed E-state index contributed by atoms with van der Waals surface area (Å²) in [5.74, 6) is 0.317. The van der Waals surface area contributed by atoms with Crippen molar-refractivity contribution < 1.29 is 19.0 Å². The predicted molar refractivity (Wildman–Crippen MR) is 137 cm³/mol. The number of benzene rings is 2. The highest BCUT2D eigenvalue weighted by molar-refractivity contribution is 6.08. The number of para-hydroxylation sites is 1. The number of aromatic nitrogens is 1. The van der Waals surface area contributed by atoms with Gasteiger partial charge in [-0.15, -0.1) is 0 Å². The number of carbonyl (C=O) groups is 1. The van der Waals surface area contributed by atoms with Crippen molar-refractivity contribution in [3.63, 3.8) is 0 Å². The first-order valence-corrected chi connectivity index (χ1v) is 11.5. The molecule has 1 aromatic heterocycles. The fourth-order valence-electron chi connectivity index (χ4n) is 3.87. The predicted octanol–water partition coefficient (Wildman–Crippen LogP) is 7.71. The van der Waals surface area contributed by atoms with Gasteiger partial charge in [0.1, 0.15) is 17.3 Å². The van der Waals surface area contributed by atoms with Crippen LogP contribution < -0.4 is 4.74 Å². The molecule has 0 bridgehead atoms. The second-order valence-electron chi connectivity index (χ2n) is 8.59. The zero-order valence-electron chi connectivity index (χ0n) is 20.1. The van der Waals surface area contributed by atoms with Crippen molar-refractivity contribution in [3.05, 3.63) is 90.4 Å². The Morgan fingerprint density at radius 1 is 1.21 bits per heavy atom. The van der Waals surface area contributed by atoms with Crippen molar-refractivity contribution in [2.75, 3.05) is 6.61 Å². The van der Waals surface area contributed by atoms with E-state index in [1.54, 1.807) is 24.6 Å². The minimum atomic E-state index is -0.922. The normalized spacial score (nSPS) is 13.9. The number of hydrogen-bond donors (Lipinski definition) is 1. The van der Waals surface area contributed by atoms with Crippen molar-refractivity contribution in [2.45, 2.75) is 33.1 Å². The molecule has 0 aliphatic heterocycles. The summed E-state index contributed by atoms with van der Waals surface area (Å²) < 4.78 is 19.9. The van der Waals surface area contributed by atoms with E-state index in [9.17, 15) is 14.3 Å². The van der Waals surface area contributed by atoms with Gasteiger partial charge in [-0.1, -0.05) is 61.1 Å². The van der Waals surface area contributed by atoms with Crippen LogP contribution in [0.25, 0.3) is 22.0 Å². The molecule has 2 aromatic carbocycles. The molecule has 0 saturated heterocycles. The van der Waals surface area contributed by atoms with Crippen LogP contribution in [0, 0.1) is 5.92 Å². The number of halogens is 1. The number of fused-ring (bicyclic) bond motifs is 1. The number of ether oxygens (including phenoxy) is 1. The van der Waals surface area contributed by atoms with Gasteiger partial charge in [-0.2, -0.15) is 0 Å². The molecule has 0 radical (unpaired) electrons. The number of allylic oxidation sites excluding steroid dienone is 5. The molecule has 4 rings (SSSR count). The second-order valence-corrected chi connectivity index (χ2v) is 8.59. The molecule has 4 nitrogen and oxygen atoms in total. The maximum Gasteiger partial charge on any atom is 0.353 e. The van der Waals surface area contributed by atoms with Crippen LogP contribution in [0.15, 0.2) is 84.7 Å². The molecule has 5 heteroatoms. The van der Waals surface area contributed by atoms with Crippen molar-refractivity contribution in [1.29, 1.82) is 0 Å². The lowest BCUT2D eigenvalue weighted by Crippen LogP contribution is -2.19. The van der Waals surface area contributed by atoms with Crippen LogP contribution in [-0.4, -0.2) is 22.2 Å². The fraction of sp³-hybridized carbons (Fsp3) is 0.276. The monoisotopic (exact) mass is 461 g/mol. The van der Waals surface area contributed by atoms with Gasteiger partial charge in [0.05, 0.1) is 6.61 Å². The lowest BCUT2D eigenvalue weighted by atomic mass is 9.86. The molecule has 3 aromatic rings. The maximum absolute atomic E-state index is 12.2. The van der Waals surface area contributed by atoms with Gasteiger partial charge in [-0.3, -0.25) is 0 Å². The Morgan fingerprint density at radius 2 is 1.94 bits per heavy atom. The van der Waals surface area contributed by atoms with Crippen LogP contribution in [0.1, 0.15) is 43.6 Å². The van der Waals surface area contributed by atoms with E-state index in [0.29, 0.717) is 11.6 Å². The Morgan fingerprint density at radius 3 is 2.56 bits per heavy atom. The molecule has 0 amide bonds. The maximum atomic E-state index is 12.2. The Hall–Kier alpha value is -3.60. The number of carboxylic acid groups (broad SMARTS) is 1. The summed E-state index contributed by atoms with van der Waals surface area (Å²) in [5.41, 5.74) is 3.69. The largest absolute Gasteiger partial charge is 0.493 e. The first-order chi connectivity index (χ1) is 16.3. The molecule has 1 N–H and O–H groups in total. The molecule has 0 atom stereocenters. The second kappa shape index (κ2) is 11.5. The quantitative estimate of drug-likeness (QED) is 0.367. The number of aromatic carboxylic acids is 1. The zero-order valence-corrected chi connectivity index (χ0v) is 20.1. The third-order valence-corrected chi connectivity index (χ3v) is 5.95. The van der Waals surface area contributed by atoms with Crippen LogP contribution in [0.2, 0.25) is 0 Å². The van der Waals surface area contributed by atoms with Gasteiger partial charge in [0.25, 0.3) is 0 Å². The number of nitrogens with zero attached hydrogens (tertiary/aromatic N) is 1. The van der Waals surface area contributed by atoms with Gasteiger partial charge in [-0.25, -0.2) is 9.18 Å². The molecule has 0 unspecified atom stereocenters. The molecule has 1 aliphatic carbocycles. The molecule has 1 aliphatic rings. The van der Waals surface area contributed by atoms with E-state index in [2.05, 4.69) is 6.58 Å². The summed E-state index contributed by atoms with van der Waals surface area (Å²) in [7, 11) is 1.80.